The number of hydrogen-bond acceptors (Lipinski definition) is 0. The maximum absolute atomic E-state index is 13.7. The summed E-state index contributed by atoms with van der Waals surface area (Å²) in [7, 11) is 0. The summed E-state index contributed by atoms with van der Waals surface area (Å²) in [5, 5.41) is 2.63. The Morgan fingerprint density at radius 2 is 0.628 bits per heavy atom. The van der Waals surface area contributed by atoms with Gasteiger partial charge in [0.05, 0.1) is 0 Å². The van der Waals surface area contributed by atoms with Crippen LogP contribution in [0.5, 0.6) is 0 Å². The van der Waals surface area contributed by atoms with E-state index in [2.05, 4.69) is 0 Å². The van der Waals surface area contributed by atoms with Gasteiger partial charge in [-0.25, -0.2) is 43.9 Å². The topological polar surface area (TPSA) is 0 Å². The average molecular weight is 681 g/mol. The molecule has 0 fully saturated rings. The van der Waals surface area contributed by atoms with Crippen LogP contribution in [0.2, 0.25) is 0 Å². The van der Waals surface area contributed by atoms with E-state index >= 15 is 0 Å². The maximum atomic E-state index is 13.7. The van der Waals surface area contributed by atoms with Crippen LogP contribution in [0.25, 0.3) is 43.8 Å². The van der Waals surface area contributed by atoms with Crippen LogP contribution in [0.3, 0.4) is 0 Å². The van der Waals surface area contributed by atoms with Crippen molar-refractivity contribution in [1.82, 2.24) is 0 Å². The molecule has 0 aliphatic rings. The minimum absolute atomic E-state index is 0. The molecule has 0 aliphatic carbocycles. The molecule has 0 aromatic heterocycles. The summed E-state index contributed by atoms with van der Waals surface area (Å²) in [5.74, 6) is -19.4. The van der Waals surface area contributed by atoms with Crippen molar-refractivity contribution in [3.05, 3.63) is 131 Å². The van der Waals surface area contributed by atoms with Crippen LogP contribution >= 0.6 is 0 Å². The second kappa shape index (κ2) is 14.0. The van der Waals surface area contributed by atoms with Gasteiger partial charge < -0.3 is 24.8 Å². The van der Waals surface area contributed by atoms with Crippen LogP contribution in [-0.4, -0.2) is 0 Å². The molecule has 0 aliphatic heterocycles. The number of benzene rings is 4. The standard InChI is InChI=1S/2C15H6F5.2ClH.Ti/c2*16-11-10(12(17)14(19)15(20)13(11)18)9-5-7-3-1-2-4-8(7)6-9;;;/h2*1-6H;2*1H;/q2*-1;;;+4/p-2. The van der Waals surface area contributed by atoms with E-state index < -0.39 is 69.3 Å². The molecule has 0 spiro atoms. The fourth-order valence-electron chi connectivity index (χ4n) is 4.31. The van der Waals surface area contributed by atoms with Gasteiger partial charge in [-0.1, -0.05) is 36.4 Å². The summed E-state index contributed by atoms with van der Waals surface area (Å²) >= 11 is 0. The summed E-state index contributed by atoms with van der Waals surface area (Å²) in [5.41, 5.74) is -1.90. The first kappa shape index (κ1) is 35.9. The molecule has 6 rings (SSSR count). The maximum Gasteiger partial charge on any atom is 4.00 e. The Morgan fingerprint density at radius 1 is 0.372 bits per heavy atom. The molecular formula is C30H12Cl2F10Ti. The number of hydrogen-bond donors (Lipinski definition) is 0. The molecule has 6 aromatic rings. The summed E-state index contributed by atoms with van der Waals surface area (Å²) < 4.78 is 133. The van der Waals surface area contributed by atoms with Gasteiger partial charge in [0.15, 0.2) is 34.9 Å². The van der Waals surface area contributed by atoms with Gasteiger partial charge in [0.25, 0.3) is 0 Å². The minimum Gasteiger partial charge on any atom is -1.00 e. The van der Waals surface area contributed by atoms with Gasteiger partial charge in [-0.15, -0.1) is 69.1 Å². The fraction of sp³-hybridized carbons (Fsp3) is 0. The molecule has 0 heterocycles. The quantitative estimate of drug-likeness (QED) is 0.0858. The molecular weight excluding hydrogens is 669 g/mol. The van der Waals surface area contributed by atoms with Crippen LogP contribution in [0.4, 0.5) is 43.9 Å². The zero-order chi connectivity index (χ0) is 28.9. The van der Waals surface area contributed by atoms with Crippen molar-refractivity contribution >= 4 is 21.5 Å². The fourth-order valence-corrected chi connectivity index (χ4v) is 4.31. The Labute approximate surface area is 264 Å². The summed E-state index contributed by atoms with van der Waals surface area (Å²) in [6.45, 7) is 0. The normalized spacial score (nSPS) is 10.5. The Bertz CT molecular complexity index is 1670. The summed E-state index contributed by atoms with van der Waals surface area (Å²) in [6.07, 6.45) is 0. The van der Waals surface area contributed by atoms with E-state index in [1.54, 1.807) is 48.5 Å². The molecule has 0 bridgehead atoms. The molecule has 13 heteroatoms. The van der Waals surface area contributed by atoms with Gasteiger partial charge in [0.2, 0.25) is 0 Å². The van der Waals surface area contributed by atoms with Gasteiger partial charge in [0.1, 0.15) is 23.3 Å². The first-order valence-corrected chi connectivity index (χ1v) is 11.4. The second-order valence-electron chi connectivity index (χ2n) is 8.64. The van der Waals surface area contributed by atoms with E-state index in [-0.39, 0.29) is 57.7 Å². The molecule has 0 radical (unpaired) electrons. The van der Waals surface area contributed by atoms with Gasteiger partial charge in [0, 0.05) is 0 Å². The third-order valence-corrected chi connectivity index (χ3v) is 6.23. The SMILES string of the molecule is Fc1c(F)c(F)c(-c2cc3ccccc3[cH-]2)c(F)c1F.Fc1c(F)c(F)c(-c2cc3ccccc3[cH-]2)c(F)c1F.[Cl-].[Cl-].[Ti+4]. The first-order chi connectivity index (χ1) is 19.0. The predicted molar refractivity (Wildman–Crippen MR) is 130 cm³/mol. The minimum atomic E-state index is -2.15. The Balaban J connectivity index is 0.000000281. The second-order valence-corrected chi connectivity index (χ2v) is 8.64. The van der Waals surface area contributed by atoms with E-state index in [4.69, 9.17) is 0 Å². The Morgan fingerprint density at radius 3 is 0.907 bits per heavy atom. The van der Waals surface area contributed by atoms with Gasteiger partial charge in [-0.3, -0.25) is 0 Å². The van der Waals surface area contributed by atoms with Gasteiger partial charge in [-0.2, -0.15) is 0 Å². The van der Waals surface area contributed by atoms with E-state index in [1.807, 2.05) is 0 Å². The third-order valence-electron chi connectivity index (χ3n) is 6.23. The molecule has 6 aromatic carbocycles. The largest absolute Gasteiger partial charge is 4.00 e. The first-order valence-electron chi connectivity index (χ1n) is 11.4. The van der Waals surface area contributed by atoms with Crippen LogP contribution in [-0.2, 0) is 21.7 Å². The molecule has 0 atom stereocenters. The molecule has 0 unspecified atom stereocenters. The summed E-state index contributed by atoms with van der Waals surface area (Å²) in [4.78, 5) is 0. The van der Waals surface area contributed by atoms with E-state index in [0.717, 1.165) is 0 Å². The number of rotatable bonds is 2. The van der Waals surface area contributed by atoms with Crippen molar-refractivity contribution < 1.29 is 90.4 Å². The molecule has 0 N–H and O–H groups in total. The van der Waals surface area contributed by atoms with E-state index in [0.29, 0.717) is 21.5 Å². The number of fused-ring (bicyclic) bond motifs is 2. The van der Waals surface area contributed by atoms with Gasteiger partial charge in [-0.05, 0) is 11.1 Å². The van der Waals surface area contributed by atoms with Crippen molar-refractivity contribution in [3.63, 3.8) is 0 Å². The molecule has 0 amide bonds. The van der Waals surface area contributed by atoms with Crippen molar-refractivity contribution in [2.45, 2.75) is 0 Å². The summed E-state index contributed by atoms with van der Waals surface area (Å²) in [6, 6.07) is 19.1. The van der Waals surface area contributed by atoms with Crippen LogP contribution in [0.15, 0.2) is 72.8 Å². The Hall–Kier alpha value is -3.31. The van der Waals surface area contributed by atoms with E-state index in [9.17, 15) is 43.9 Å². The van der Waals surface area contributed by atoms with Crippen molar-refractivity contribution in [3.8, 4) is 22.3 Å². The number of halogens is 12. The molecule has 0 saturated carbocycles. The van der Waals surface area contributed by atoms with Crippen molar-refractivity contribution in [1.29, 1.82) is 0 Å². The van der Waals surface area contributed by atoms with Gasteiger partial charge >= 0.3 is 21.7 Å². The van der Waals surface area contributed by atoms with Crippen molar-refractivity contribution in [2.75, 3.05) is 0 Å². The van der Waals surface area contributed by atoms with E-state index in [1.165, 1.54) is 24.3 Å². The average Bonchev–Trinajstić information content (AvgIpc) is 3.57. The van der Waals surface area contributed by atoms with Crippen molar-refractivity contribution in [2.24, 2.45) is 0 Å². The van der Waals surface area contributed by atoms with Crippen LogP contribution < -0.4 is 24.8 Å². The molecule has 0 saturated heterocycles. The third kappa shape index (κ3) is 6.33. The molecule has 220 valence electrons. The molecule has 0 nitrogen and oxygen atoms in total. The smallest absolute Gasteiger partial charge is 1.00 e. The Kier molecular flexibility index (Phi) is 11.7. The predicted octanol–water partition coefficient (Wildman–Crippen LogP) is 3.85. The van der Waals surface area contributed by atoms with Crippen LogP contribution in [0, 0.1) is 58.2 Å². The zero-order valence-electron chi connectivity index (χ0n) is 21.0. The molecule has 43 heavy (non-hydrogen) atoms. The van der Waals surface area contributed by atoms with Crippen LogP contribution in [0.1, 0.15) is 0 Å². The zero-order valence-corrected chi connectivity index (χ0v) is 24.0. The monoisotopic (exact) mass is 680 g/mol.